The van der Waals surface area contributed by atoms with Crippen molar-refractivity contribution in [2.24, 2.45) is 0 Å². The summed E-state index contributed by atoms with van der Waals surface area (Å²) in [4.78, 5) is 1.90. The third kappa shape index (κ3) is 1.71. The van der Waals surface area contributed by atoms with Gasteiger partial charge >= 0.3 is 0 Å². The number of nitrogens with two attached hydrogens (primary N) is 1. The maximum atomic E-state index is 13.2. The van der Waals surface area contributed by atoms with Crippen LogP contribution in [-0.4, -0.2) is 24.3 Å². The molecule has 2 rings (SSSR count). The molecule has 1 aromatic heterocycles. The van der Waals surface area contributed by atoms with Crippen LogP contribution in [-0.2, 0) is 0 Å². The van der Waals surface area contributed by atoms with Crippen LogP contribution in [0.15, 0.2) is 24.4 Å². The minimum atomic E-state index is -0.291. The molecule has 1 aromatic carbocycles. The van der Waals surface area contributed by atoms with Gasteiger partial charge in [-0.2, -0.15) is 5.10 Å². The molecule has 5 heteroatoms. The fraction of sp³-hybridized carbons (Fsp3) is 0.182. The quantitative estimate of drug-likeness (QED) is 0.812. The monoisotopic (exact) mass is 220 g/mol. The van der Waals surface area contributed by atoms with Crippen molar-refractivity contribution >= 4 is 11.5 Å². The van der Waals surface area contributed by atoms with Crippen LogP contribution in [0.25, 0.3) is 11.1 Å². The molecule has 0 aliphatic carbocycles. The highest BCUT2D eigenvalue weighted by molar-refractivity contribution is 5.83. The molecule has 0 aliphatic rings. The summed E-state index contributed by atoms with van der Waals surface area (Å²) >= 11 is 0. The predicted molar refractivity (Wildman–Crippen MR) is 62.7 cm³/mol. The van der Waals surface area contributed by atoms with E-state index in [9.17, 15) is 4.39 Å². The first kappa shape index (κ1) is 10.5. The molecule has 0 saturated carbocycles. The Bertz CT molecular complexity index is 504. The minimum absolute atomic E-state index is 0.291. The number of nitrogens with zero attached hydrogens (tertiary/aromatic N) is 2. The Morgan fingerprint density at radius 3 is 2.62 bits per heavy atom. The first-order valence-electron chi connectivity index (χ1n) is 4.85. The van der Waals surface area contributed by atoms with Gasteiger partial charge in [0.1, 0.15) is 11.6 Å². The van der Waals surface area contributed by atoms with Gasteiger partial charge in [-0.25, -0.2) is 4.39 Å². The molecule has 3 N–H and O–H groups in total. The number of hydrogen-bond acceptors (Lipinski definition) is 3. The van der Waals surface area contributed by atoms with Crippen molar-refractivity contribution in [1.29, 1.82) is 0 Å². The first-order chi connectivity index (χ1) is 7.59. The van der Waals surface area contributed by atoms with Crippen LogP contribution < -0.4 is 10.6 Å². The number of nitrogen functional groups attached to an aromatic ring is 1. The van der Waals surface area contributed by atoms with Crippen molar-refractivity contribution in [3.05, 3.63) is 30.2 Å². The predicted octanol–water partition coefficient (Wildman–Crippen LogP) is 1.86. The van der Waals surface area contributed by atoms with Crippen molar-refractivity contribution in [1.82, 2.24) is 10.2 Å². The van der Waals surface area contributed by atoms with Crippen LogP contribution in [0.1, 0.15) is 0 Å². The largest absolute Gasteiger partial charge is 0.384 e. The van der Waals surface area contributed by atoms with Crippen molar-refractivity contribution in [3.63, 3.8) is 0 Å². The Labute approximate surface area is 92.9 Å². The Morgan fingerprint density at radius 1 is 1.31 bits per heavy atom. The summed E-state index contributed by atoms with van der Waals surface area (Å²) in [5, 5.41) is 6.48. The van der Waals surface area contributed by atoms with Gasteiger partial charge in [0.2, 0.25) is 0 Å². The molecule has 2 aromatic rings. The molecule has 16 heavy (non-hydrogen) atoms. The molecule has 4 nitrogen and oxygen atoms in total. The first-order valence-corrected chi connectivity index (χ1v) is 4.85. The average Bonchev–Trinajstić information content (AvgIpc) is 2.63. The Hall–Kier alpha value is -2.04. The van der Waals surface area contributed by atoms with Crippen molar-refractivity contribution in [2.45, 2.75) is 0 Å². The lowest BCUT2D eigenvalue weighted by Crippen LogP contribution is -2.10. The van der Waals surface area contributed by atoms with E-state index in [2.05, 4.69) is 10.2 Å². The lowest BCUT2D eigenvalue weighted by Gasteiger charge is -2.17. The van der Waals surface area contributed by atoms with E-state index in [0.29, 0.717) is 11.4 Å². The number of H-pyrrole nitrogens is 1. The molecular formula is C11H13FN4. The van der Waals surface area contributed by atoms with Crippen LogP contribution in [0.4, 0.5) is 15.9 Å². The lowest BCUT2D eigenvalue weighted by atomic mass is 10.1. The second-order valence-electron chi connectivity index (χ2n) is 3.75. The van der Waals surface area contributed by atoms with Gasteiger partial charge in [0.15, 0.2) is 0 Å². The number of aromatic amines is 1. The fourth-order valence-electron chi connectivity index (χ4n) is 1.62. The molecule has 0 radical (unpaired) electrons. The Morgan fingerprint density at radius 2 is 2.06 bits per heavy atom. The van der Waals surface area contributed by atoms with E-state index in [-0.39, 0.29) is 5.82 Å². The third-order valence-corrected chi connectivity index (χ3v) is 2.40. The third-order valence-electron chi connectivity index (χ3n) is 2.40. The van der Waals surface area contributed by atoms with Crippen molar-refractivity contribution in [3.8, 4) is 11.1 Å². The molecule has 0 saturated heterocycles. The molecule has 0 spiro atoms. The van der Waals surface area contributed by atoms with E-state index in [1.807, 2.05) is 19.0 Å². The van der Waals surface area contributed by atoms with Gasteiger partial charge in [0.25, 0.3) is 0 Å². The highest BCUT2D eigenvalue weighted by Crippen LogP contribution is 2.32. The second-order valence-corrected chi connectivity index (χ2v) is 3.75. The summed E-state index contributed by atoms with van der Waals surface area (Å²) in [6, 6.07) is 4.60. The molecule has 0 atom stereocenters. The summed E-state index contributed by atoms with van der Waals surface area (Å²) in [6.45, 7) is 0. The number of hydrogen-bond donors (Lipinski definition) is 2. The second kappa shape index (κ2) is 3.84. The zero-order valence-corrected chi connectivity index (χ0v) is 9.16. The van der Waals surface area contributed by atoms with Crippen LogP contribution in [0.3, 0.4) is 0 Å². The van der Waals surface area contributed by atoms with Crippen molar-refractivity contribution in [2.75, 3.05) is 24.7 Å². The summed E-state index contributed by atoms with van der Waals surface area (Å²) < 4.78 is 13.2. The summed E-state index contributed by atoms with van der Waals surface area (Å²) in [5.74, 6) is 0.148. The normalized spacial score (nSPS) is 10.4. The van der Waals surface area contributed by atoms with E-state index in [1.165, 1.54) is 12.1 Å². The fourth-order valence-corrected chi connectivity index (χ4v) is 1.62. The zero-order valence-electron chi connectivity index (χ0n) is 9.16. The maximum absolute atomic E-state index is 13.2. The van der Waals surface area contributed by atoms with E-state index in [1.54, 1.807) is 12.3 Å². The van der Waals surface area contributed by atoms with Gasteiger partial charge in [-0.1, -0.05) is 0 Å². The van der Waals surface area contributed by atoms with E-state index < -0.39 is 0 Å². The van der Waals surface area contributed by atoms with Crippen LogP contribution in [0.5, 0.6) is 0 Å². The molecule has 0 unspecified atom stereocenters. The number of aromatic nitrogens is 2. The van der Waals surface area contributed by atoms with Gasteiger partial charge in [0.05, 0.1) is 6.20 Å². The minimum Gasteiger partial charge on any atom is -0.384 e. The maximum Gasteiger partial charge on any atom is 0.126 e. The van der Waals surface area contributed by atoms with Crippen LogP contribution >= 0.6 is 0 Å². The summed E-state index contributed by atoms with van der Waals surface area (Å²) in [5.41, 5.74) is 8.07. The Balaban J connectivity index is 2.63. The molecule has 0 fully saturated rings. The number of anilines is 2. The molecule has 0 amide bonds. The van der Waals surface area contributed by atoms with Crippen LogP contribution in [0.2, 0.25) is 0 Å². The van der Waals surface area contributed by atoms with Gasteiger partial charge in [-0.05, 0) is 18.2 Å². The SMILES string of the molecule is CN(C)c1ccc(F)cc1-c1cn[nH]c1N. The number of benzene rings is 1. The molecule has 84 valence electrons. The van der Waals surface area contributed by atoms with Crippen molar-refractivity contribution < 1.29 is 4.39 Å². The standard InChI is InChI=1S/C11H13FN4/c1-16(2)10-4-3-7(12)5-8(10)9-6-14-15-11(9)13/h3-6H,1-2H3,(H3,13,14,15). The van der Waals surface area contributed by atoms with Gasteiger partial charge in [-0.3, -0.25) is 5.10 Å². The van der Waals surface area contributed by atoms with Crippen LogP contribution in [0, 0.1) is 5.82 Å². The highest BCUT2D eigenvalue weighted by Gasteiger charge is 2.12. The summed E-state index contributed by atoms with van der Waals surface area (Å²) in [7, 11) is 3.79. The zero-order chi connectivity index (χ0) is 11.7. The van der Waals surface area contributed by atoms with Gasteiger partial charge in [-0.15, -0.1) is 0 Å². The molecule has 0 bridgehead atoms. The van der Waals surface area contributed by atoms with E-state index >= 15 is 0 Å². The summed E-state index contributed by atoms with van der Waals surface area (Å²) in [6.07, 6.45) is 1.59. The van der Waals surface area contributed by atoms with E-state index in [4.69, 9.17) is 5.73 Å². The molecule has 1 heterocycles. The van der Waals surface area contributed by atoms with Gasteiger partial charge in [0, 0.05) is 30.9 Å². The number of halogens is 1. The Kier molecular flexibility index (Phi) is 2.52. The number of nitrogens with one attached hydrogen (secondary N) is 1. The topological polar surface area (TPSA) is 57.9 Å². The highest BCUT2D eigenvalue weighted by atomic mass is 19.1. The average molecular weight is 220 g/mol. The lowest BCUT2D eigenvalue weighted by molar-refractivity contribution is 0.628. The van der Waals surface area contributed by atoms with E-state index in [0.717, 1.165) is 11.3 Å². The molecular weight excluding hydrogens is 207 g/mol. The molecule has 0 aliphatic heterocycles. The van der Waals surface area contributed by atoms with Gasteiger partial charge < -0.3 is 10.6 Å². The smallest absolute Gasteiger partial charge is 0.126 e. The number of rotatable bonds is 2.